The molecule has 0 saturated heterocycles. The van der Waals surface area contributed by atoms with Crippen molar-refractivity contribution in [1.82, 2.24) is 14.5 Å². The Morgan fingerprint density at radius 3 is 2.45 bits per heavy atom. The average molecular weight is 435 g/mol. The van der Waals surface area contributed by atoms with E-state index in [4.69, 9.17) is 0 Å². The van der Waals surface area contributed by atoms with Gasteiger partial charge in [0.2, 0.25) is 0 Å². The van der Waals surface area contributed by atoms with Crippen molar-refractivity contribution in [2.75, 3.05) is 0 Å². The molecule has 4 nitrogen and oxygen atoms in total. The second kappa shape index (κ2) is 5.93. The maximum absolute atomic E-state index is 12.2. The van der Waals surface area contributed by atoms with Gasteiger partial charge < -0.3 is 4.55 Å². The van der Waals surface area contributed by atoms with Crippen LogP contribution in [0.15, 0.2) is 6.07 Å². The smallest absolute Gasteiger partial charge is 0.136 e. The molecule has 0 bridgehead atoms. The lowest BCUT2D eigenvalue weighted by Gasteiger charge is -2.27. The molecule has 0 aromatic carbocycles. The third kappa shape index (κ3) is 3.21. The molecule has 2 saturated carbocycles. The first-order chi connectivity index (χ1) is 10.2. The third-order valence-electron chi connectivity index (χ3n) is 4.84. The van der Waals surface area contributed by atoms with Crippen LogP contribution >= 0.6 is 22.6 Å². The van der Waals surface area contributed by atoms with Gasteiger partial charge in [0.25, 0.3) is 0 Å². The zero-order valence-corrected chi connectivity index (χ0v) is 16.9. The second-order valence-corrected chi connectivity index (χ2v) is 11.1. The number of fused-ring (bicyclic) bond motifs is 1. The Morgan fingerprint density at radius 2 is 1.95 bits per heavy atom. The standard InChI is InChI=1S/C16H26IN3OS/c1-9(2)20-13(8-14(17)18-20)15-11-6-10(7-12(11)15)19-22(21)16(3,4)5/h8-12,15,19H,6-7H2,1-5H3/t10?,11-,12+,15?,22?. The number of aromatic nitrogens is 2. The minimum atomic E-state index is -0.954. The van der Waals surface area contributed by atoms with Crippen LogP contribution in [0.25, 0.3) is 0 Å². The number of nitrogens with one attached hydrogen (secondary N) is 1. The van der Waals surface area contributed by atoms with Gasteiger partial charge in [-0.2, -0.15) is 5.10 Å². The highest BCUT2D eigenvalue weighted by atomic mass is 127. The third-order valence-corrected chi connectivity index (χ3v) is 7.03. The molecule has 1 heterocycles. The van der Waals surface area contributed by atoms with Gasteiger partial charge in [-0.25, -0.2) is 0 Å². The fraction of sp³-hybridized carbons (Fsp3) is 0.812. The minimum Gasteiger partial charge on any atom is -0.598 e. The molecule has 2 aliphatic carbocycles. The summed E-state index contributed by atoms with van der Waals surface area (Å²) in [6.07, 6.45) is 2.30. The zero-order valence-electron chi connectivity index (χ0n) is 14.0. The van der Waals surface area contributed by atoms with E-state index in [0.717, 1.165) is 28.4 Å². The normalized spacial score (nSPS) is 32.4. The molecular formula is C16H26IN3OS. The predicted octanol–water partition coefficient (Wildman–Crippen LogP) is 3.61. The van der Waals surface area contributed by atoms with Gasteiger partial charge in [-0.15, -0.1) is 4.72 Å². The molecule has 1 aromatic rings. The number of hydrogen-bond acceptors (Lipinski definition) is 3. The summed E-state index contributed by atoms with van der Waals surface area (Å²) in [5.41, 5.74) is 1.41. The van der Waals surface area contributed by atoms with Crippen molar-refractivity contribution < 1.29 is 4.55 Å². The van der Waals surface area contributed by atoms with Crippen LogP contribution in [0.5, 0.6) is 0 Å². The van der Waals surface area contributed by atoms with E-state index in [1.807, 2.05) is 20.8 Å². The average Bonchev–Trinajstić information content (AvgIpc) is 2.74. The van der Waals surface area contributed by atoms with Crippen molar-refractivity contribution >= 4 is 34.0 Å². The van der Waals surface area contributed by atoms with E-state index < -0.39 is 11.4 Å². The van der Waals surface area contributed by atoms with Crippen LogP contribution in [0.2, 0.25) is 0 Å². The summed E-state index contributed by atoms with van der Waals surface area (Å²) in [4.78, 5) is 0. The first-order valence-corrected chi connectivity index (χ1v) is 10.3. The Balaban J connectivity index is 1.62. The Morgan fingerprint density at radius 1 is 1.36 bits per heavy atom. The monoisotopic (exact) mass is 435 g/mol. The first kappa shape index (κ1) is 17.0. The van der Waals surface area contributed by atoms with Crippen molar-refractivity contribution in [2.24, 2.45) is 11.8 Å². The first-order valence-electron chi connectivity index (χ1n) is 8.11. The van der Waals surface area contributed by atoms with E-state index in [1.54, 1.807) is 0 Å². The molecule has 6 heteroatoms. The van der Waals surface area contributed by atoms with Gasteiger partial charge in [0, 0.05) is 29.0 Å². The highest BCUT2D eigenvalue weighted by Gasteiger charge is 2.58. The minimum absolute atomic E-state index is 0.182. The maximum Gasteiger partial charge on any atom is 0.136 e. The van der Waals surface area contributed by atoms with Crippen LogP contribution in [0.4, 0.5) is 0 Å². The van der Waals surface area contributed by atoms with Gasteiger partial charge in [-0.1, -0.05) is 0 Å². The van der Waals surface area contributed by atoms with E-state index in [0.29, 0.717) is 18.0 Å². The molecule has 0 radical (unpaired) electrons. The molecule has 5 atom stereocenters. The van der Waals surface area contributed by atoms with Crippen LogP contribution < -0.4 is 4.72 Å². The molecule has 0 spiro atoms. The number of nitrogens with zero attached hydrogens (tertiary/aromatic N) is 2. The molecule has 2 fully saturated rings. The highest BCUT2D eigenvalue weighted by Crippen LogP contribution is 2.63. The Hall–Kier alpha value is 0.210. The number of halogens is 1. The van der Waals surface area contributed by atoms with Crippen LogP contribution in [0, 0.1) is 15.5 Å². The number of hydrogen-bond donors (Lipinski definition) is 1. The molecule has 3 unspecified atom stereocenters. The molecule has 1 N–H and O–H groups in total. The summed E-state index contributed by atoms with van der Waals surface area (Å²) in [7, 11) is 0. The molecule has 3 rings (SSSR count). The highest BCUT2D eigenvalue weighted by molar-refractivity contribution is 14.1. The molecule has 1 aromatic heterocycles. The molecule has 22 heavy (non-hydrogen) atoms. The molecular weight excluding hydrogens is 409 g/mol. The van der Waals surface area contributed by atoms with Gasteiger partial charge in [0.05, 0.1) is 6.04 Å². The summed E-state index contributed by atoms with van der Waals surface area (Å²) in [5.74, 6) is 2.17. The molecule has 0 aliphatic heterocycles. The zero-order chi connectivity index (χ0) is 16.2. The second-order valence-electron chi connectivity index (χ2n) is 7.95. The molecule has 124 valence electrons. The summed E-state index contributed by atoms with van der Waals surface area (Å²) in [5, 5.41) is 4.64. The van der Waals surface area contributed by atoms with E-state index in [1.165, 1.54) is 5.69 Å². The van der Waals surface area contributed by atoms with Crippen molar-refractivity contribution in [3.05, 3.63) is 15.5 Å². The van der Waals surface area contributed by atoms with Crippen molar-refractivity contribution in [3.63, 3.8) is 0 Å². The van der Waals surface area contributed by atoms with Gasteiger partial charge in [0.15, 0.2) is 0 Å². The van der Waals surface area contributed by atoms with E-state index in [-0.39, 0.29) is 4.75 Å². The lowest BCUT2D eigenvalue weighted by molar-refractivity contribution is 0.469. The van der Waals surface area contributed by atoms with Crippen molar-refractivity contribution in [2.45, 2.75) is 70.2 Å². The topological polar surface area (TPSA) is 52.9 Å². The Kier molecular flexibility index (Phi) is 4.60. The van der Waals surface area contributed by atoms with Crippen LogP contribution in [-0.2, 0) is 11.4 Å². The summed E-state index contributed by atoms with van der Waals surface area (Å²) >= 11 is 1.36. The Labute approximate surface area is 150 Å². The number of rotatable bonds is 4. The predicted molar refractivity (Wildman–Crippen MR) is 99.1 cm³/mol. The van der Waals surface area contributed by atoms with E-state index in [9.17, 15) is 4.55 Å². The lowest BCUT2D eigenvalue weighted by Crippen LogP contribution is -2.44. The largest absolute Gasteiger partial charge is 0.598 e. The van der Waals surface area contributed by atoms with Crippen molar-refractivity contribution in [3.8, 4) is 0 Å². The molecule has 0 amide bonds. The SMILES string of the molecule is CC(C)n1nc(I)cc1C1[C@H]2CC(N[S+]([O-])C(C)(C)C)C[C@@H]12. The summed E-state index contributed by atoms with van der Waals surface area (Å²) in [6.45, 7) is 10.5. The summed E-state index contributed by atoms with van der Waals surface area (Å²) in [6, 6.07) is 3.09. The van der Waals surface area contributed by atoms with Gasteiger partial charge >= 0.3 is 0 Å². The summed E-state index contributed by atoms with van der Waals surface area (Å²) < 4.78 is 18.7. The fourth-order valence-electron chi connectivity index (χ4n) is 3.74. The quantitative estimate of drug-likeness (QED) is 0.581. The lowest BCUT2D eigenvalue weighted by atomic mass is 10.1. The van der Waals surface area contributed by atoms with Gasteiger partial charge in [-0.05, 0) is 88.0 Å². The van der Waals surface area contributed by atoms with Crippen LogP contribution in [0.3, 0.4) is 0 Å². The van der Waals surface area contributed by atoms with Gasteiger partial charge in [0.1, 0.15) is 8.45 Å². The van der Waals surface area contributed by atoms with Crippen LogP contribution in [0.1, 0.15) is 65.1 Å². The van der Waals surface area contributed by atoms with Gasteiger partial charge in [-0.3, -0.25) is 4.68 Å². The Bertz CT molecular complexity index is 542. The van der Waals surface area contributed by atoms with Crippen molar-refractivity contribution in [1.29, 1.82) is 0 Å². The molecule has 2 aliphatic rings. The van der Waals surface area contributed by atoms with E-state index in [2.05, 4.69) is 57.0 Å². The van der Waals surface area contributed by atoms with E-state index >= 15 is 0 Å². The van der Waals surface area contributed by atoms with Crippen LogP contribution in [-0.4, -0.2) is 25.1 Å². The maximum atomic E-state index is 12.2. The fourth-order valence-corrected chi connectivity index (χ4v) is 5.14.